The molecule has 3 aliphatic carbocycles. The maximum Gasteiger partial charge on any atom is -0.0175 e. The van der Waals surface area contributed by atoms with Gasteiger partial charge in [0.25, 0.3) is 0 Å². The number of fused-ring (bicyclic) bond motifs is 2. The van der Waals surface area contributed by atoms with Crippen molar-refractivity contribution in [3.05, 3.63) is 11.6 Å². The summed E-state index contributed by atoms with van der Waals surface area (Å²) in [5.41, 5.74) is 1.76. The molecule has 2 bridgehead atoms. The fourth-order valence-electron chi connectivity index (χ4n) is 3.36. The second kappa shape index (κ2) is 2.90. The first-order valence-electron chi connectivity index (χ1n) is 5.43. The van der Waals surface area contributed by atoms with E-state index in [-0.39, 0.29) is 0 Å². The highest BCUT2D eigenvalue weighted by atomic mass is 14.5. The maximum atomic E-state index is 2.45. The van der Waals surface area contributed by atoms with Crippen LogP contribution in [-0.4, -0.2) is 0 Å². The molecular formula is C12H20. The Morgan fingerprint density at radius 2 is 2.25 bits per heavy atom. The van der Waals surface area contributed by atoms with Gasteiger partial charge in [0, 0.05) is 0 Å². The summed E-state index contributed by atoms with van der Waals surface area (Å²) in [7, 11) is 0. The summed E-state index contributed by atoms with van der Waals surface area (Å²) >= 11 is 0. The average Bonchev–Trinajstić information content (AvgIpc) is 2.15. The lowest BCUT2D eigenvalue weighted by Gasteiger charge is -2.53. The van der Waals surface area contributed by atoms with Crippen molar-refractivity contribution in [3.63, 3.8) is 0 Å². The van der Waals surface area contributed by atoms with Gasteiger partial charge in [-0.25, -0.2) is 0 Å². The quantitative estimate of drug-likeness (QED) is 0.519. The zero-order chi connectivity index (χ0) is 8.72. The lowest BCUT2D eigenvalue weighted by Crippen LogP contribution is -2.45. The van der Waals surface area contributed by atoms with E-state index in [0.29, 0.717) is 0 Å². The second-order valence-electron chi connectivity index (χ2n) is 4.60. The Kier molecular flexibility index (Phi) is 2.02. The van der Waals surface area contributed by atoms with Crippen LogP contribution in [-0.2, 0) is 0 Å². The van der Waals surface area contributed by atoms with Gasteiger partial charge in [0.05, 0.1) is 0 Å². The minimum absolute atomic E-state index is 0.940. The largest absolute Gasteiger partial charge is 0.0882 e. The van der Waals surface area contributed by atoms with Gasteiger partial charge in [-0.3, -0.25) is 0 Å². The van der Waals surface area contributed by atoms with Crippen LogP contribution in [0.2, 0.25) is 0 Å². The molecule has 0 radical (unpaired) electrons. The summed E-state index contributed by atoms with van der Waals surface area (Å²) in [4.78, 5) is 0. The Labute approximate surface area is 76.1 Å². The predicted molar refractivity (Wildman–Crippen MR) is 52.9 cm³/mol. The third-order valence-corrected chi connectivity index (χ3v) is 4.30. The van der Waals surface area contributed by atoms with Gasteiger partial charge in [0.15, 0.2) is 0 Å². The van der Waals surface area contributed by atoms with Crippen LogP contribution >= 0.6 is 0 Å². The van der Waals surface area contributed by atoms with Crippen molar-refractivity contribution in [3.8, 4) is 0 Å². The van der Waals surface area contributed by atoms with Gasteiger partial charge < -0.3 is 0 Å². The van der Waals surface area contributed by atoms with E-state index in [0.717, 1.165) is 23.7 Å². The van der Waals surface area contributed by atoms with Crippen molar-refractivity contribution in [2.24, 2.45) is 23.7 Å². The van der Waals surface area contributed by atoms with Crippen molar-refractivity contribution in [1.82, 2.24) is 0 Å². The maximum absolute atomic E-state index is 2.45. The first kappa shape index (κ1) is 8.34. The van der Waals surface area contributed by atoms with Crippen molar-refractivity contribution >= 4 is 0 Å². The van der Waals surface area contributed by atoms with E-state index in [1.165, 1.54) is 19.3 Å². The summed E-state index contributed by atoms with van der Waals surface area (Å²) in [6, 6.07) is 0. The second-order valence-corrected chi connectivity index (χ2v) is 4.60. The molecule has 0 amide bonds. The molecule has 0 heteroatoms. The summed E-state index contributed by atoms with van der Waals surface area (Å²) in [6.07, 6.45) is 6.67. The highest BCUT2D eigenvalue weighted by Crippen LogP contribution is 2.56. The first-order valence-corrected chi connectivity index (χ1v) is 5.43. The normalized spacial score (nSPS) is 49.1. The molecule has 0 saturated heterocycles. The van der Waals surface area contributed by atoms with E-state index < -0.39 is 0 Å². The molecule has 0 aliphatic heterocycles. The molecule has 0 heterocycles. The number of hydrogen-bond donors (Lipinski definition) is 0. The summed E-state index contributed by atoms with van der Waals surface area (Å²) < 4.78 is 0. The molecule has 3 saturated carbocycles. The molecule has 3 aliphatic rings. The Hall–Kier alpha value is -0.260. The van der Waals surface area contributed by atoms with Gasteiger partial charge in [-0.1, -0.05) is 25.5 Å². The van der Waals surface area contributed by atoms with E-state index in [1.54, 1.807) is 5.57 Å². The fourth-order valence-corrected chi connectivity index (χ4v) is 3.36. The van der Waals surface area contributed by atoms with Gasteiger partial charge in [-0.2, -0.15) is 0 Å². The Morgan fingerprint density at radius 1 is 1.50 bits per heavy atom. The molecule has 3 rings (SSSR count). The van der Waals surface area contributed by atoms with Crippen LogP contribution in [0.5, 0.6) is 0 Å². The van der Waals surface area contributed by atoms with Crippen LogP contribution in [0.25, 0.3) is 0 Å². The molecule has 4 unspecified atom stereocenters. The molecule has 0 nitrogen and oxygen atoms in total. The Balaban J connectivity index is 2.15. The topological polar surface area (TPSA) is 0 Å². The van der Waals surface area contributed by atoms with Gasteiger partial charge in [-0.15, -0.1) is 0 Å². The zero-order valence-corrected chi connectivity index (χ0v) is 8.51. The van der Waals surface area contributed by atoms with Crippen molar-refractivity contribution in [2.75, 3.05) is 0 Å². The van der Waals surface area contributed by atoms with Crippen molar-refractivity contribution < 1.29 is 0 Å². The highest BCUT2D eigenvalue weighted by Gasteiger charge is 2.47. The van der Waals surface area contributed by atoms with Crippen LogP contribution in [0.4, 0.5) is 0 Å². The molecule has 4 atom stereocenters. The summed E-state index contributed by atoms with van der Waals surface area (Å²) in [5, 5.41) is 0. The van der Waals surface area contributed by atoms with E-state index >= 15 is 0 Å². The summed E-state index contributed by atoms with van der Waals surface area (Å²) in [5.74, 6) is 4.05. The third-order valence-electron chi connectivity index (χ3n) is 4.30. The predicted octanol–water partition coefficient (Wildman–Crippen LogP) is 3.63. The molecule has 12 heavy (non-hydrogen) atoms. The monoisotopic (exact) mass is 164 g/mol. The molecule has 0 spiro atoms. The number of allylic oxidation sites excluding steroid dienone is 2. The van der Waals surface area contributed by atoms with Crippen LogP contribution in [0, 0.1) is 23.7 Å². The van der Waals surface area contributed by atoms with E-state index in [4.69, 9.17) is 0 Å². The lowest BCUT2D eigenvalue weighted by atomic mass is 9.51. The molecule has 68 valence electrons. The third kappa shape index (κ3) is 0.967. The Bertz CT molecular complexity index is 202. The van der Waals surface area contributed by atoms with Crippen molar-refractivity contribution in [1.29, 1.82) is 0 Å². The Morgan fingerprint density at radius 3 is 2.75 bits per heavy atom. The summed E-state index contributed by atoms with van der Waals surface area (Å²) in [6.45, 7) is 7.01. The van der Waals surface area contributed by atoms with E-state index in [1.807, 2.05) is 0 Å². The van der Waals surface area contributed by atoms with Gasteiger partial charge >= 0.3 is 0 Å². The van der Waals surface area contributed by atoms with E-state index in [2.05, 4.69) is 26.8 Å². The number of hydrogen-bond acceptors (Lipinski definition) is 0. The van der Waals surface area contributed by atoms with Crippen LogP contribution in [0.3, 0.4) is 0 Å². The average molecular weight is 164 g/mol. The SMILES string of the molecule is C/C=C1/CC2CC(C1CC)C2C. The molecule has 0 aromatic rings. The molecule has 3 fully saturated rings. The van der Waals surface area contributed by atoms with Crippen LogP contribution in [0.15, 0.2) is 11.6 Å². The zero-order valence-electron chi connectivity index (χ0n) is 8.51. The first-order chi connectivity index (χ1) is 5.77. The minimum atomic E-state index is 0.940. The van der Waals surface area contributed by atoms with Crippen molar-refractivity contribution in [2.45, 2.75) is 40.0 Å². The smallest absolute Gasteiger partial charge is 0.0175 e. The molecule has 0 aromatic heterocycles. The van der Waals surface area contributed by atoms with Crippen LogP contribution < -0.4 is 0 Å². The standard InChI is InChI=1S/C12H20/c1-4-9-6-10-7-12(8(10)3)11(9)5-2/h4,8,10-12H,5-7H2,1-3H3/b9-4-. The molecular weight excluding hydrogens is 144 g/mol. The molecule has 0 aromatic carbocycles. The van der Waals surface area contributed by atoms with Gasteiger partial charge in [-0.05, 0) is 49.9 Å². The number of rotatable bonds is 1. The highest BCUT2D eigenvalue weighted by molar-refractivity contribution is 5.17. The minimum Gasteiger partial charge on any atom is -0.0882 e. The van der Waals surface area contributed by atoms with Gasteiger partial charge in [0.1, 0.15) is 0 Å². The van der Waals surface area contributed by atoms with Gasteiger partial charge in [0.2, 0.25) is 0 Å². The lowest BCUT2D eigenvalue weighted by molar-refractivity contribution is 0.0108. The fraction of sp³-hybridized carbons (Fsp3) is 0.833. The van der Waals surface area contributed by atoms with E-state index in [9.17, 15) is 0 Å². The molecule has 0 N–H and O–H groups in total. The van der Waals surface area contributed by atoms with Crippen LogP contribution in [0.1, 0.15) is 40.0 Å².